The van der Waals surface area contributed by atoms with E-state index in [9.17, 15) is 4.79 Å². The molecule has 0 aliphatic carbocycles. The minimum absolute atomic E-state index is 0.0146. The van der Waals surface area contributed by atoms with Gasteiger partial charge >= 0.3 is 0 Å². The lowest BCUT2D eigenvalue weighted by atomic mass is 10.1. The van der Waals surface area contributed by atoms with Crippen LogP contribution in [0.25, 0.3) is 0 Å². The summed E-state index contributed by atoms with van der Waals surface area (Å²) in [6.07, 6.45) is 1.65. The van der Waals surface area contributed by atoms with E-state index in [1.165, 1.54) is 0 Å². The van der Waals surface area contributed by atoms with E-state index in [0.717, 1.165) is 12.8 Å². The van der Waals surface area contributed by atoms with E-state index in [4.69, 9.17) is 16.0 Å². The summed E-state index contributed by atoms with van der Waals surface area (Å²) in [7, 11) is 0. The van der Waals surface area contributed by atoms with Crippen LogP contribution in [-0.4, -0.2) is 46.7 Å². The predicted octanol–water partition coefficient (Wildman–Crippen LogP) is 0.626. The van der Waals surface area contributed by atoms with Crippen molar-refractivity contribution >= 4 is 11.7 Å². The molecule has 6 nitrogen and oxygen atoms in total. The number of benzene rings is 1. The molecule has 6 heteroatoms. The highest BCUT2D eigenvalue weighted by Gasteiger charge is 2.26. The van der Waals surface area contributed by atoms with Gasteiger partial charge < -0.3 is 20.9 Å². The molecule has 1 unspecified atom stereocenters. The summed E-state index contributed by atoms with van der Waals surface area (Å²) >= 11 is 0. The molecule has 1 aromatic rings. The molecule has 2 rings (SSSR count). The number of nitrogens with two attached hydrogens (primary N) is 1. The van der Waals surface area contributed by atoms with Gasteiger partial charge in [0.15, 0.2) is 5.84 Å². The zero-order chi connectivity index (χ0) is 14.5. The van der Waals surface area contributed by atoms with E-state index in [2.05, 4.69) is 5.16 Å². The molecular formula is C14H19N3O3. The Hall–Kier alpha value is -2.08. The van der Waals surface area contributed by atoms with Crippen LogP contribution < -0.4 is 5.73 Å². The number of oxime groups is 1. The molecule has 0 bridgehead atoms. The third kappa shape index (κ3) is 3.08. The Morgan fingerprint density at radius 3 is 2.90 bits per heavy atom. The molecule has 1 amide bonds. The number of carbonyl (C=O) groups excluding carboxylic acids is 1. The van der Waals surface area contributed by atoms with E-state index >= 15 is 0 Å². The van der Waals surface area contributed by atoms with Crippen molar-refractivity contribution < 1.29 is 15.1 Å². The van der Waals surface area contributed by atoms with E-state index in [1.54, 1.807) is 29.2 Å². The molecule has 20 heavy (non-hydrogen) atoms. The maximum Gasteiger partial charge on any atom is 0.253 e. The summed E-state index contributed by atoms with van der Waals surface area (Å²) in [6, 6.07) is 6.73. The lowest BCUT2D eigenvalue weighted by molar-refractivity contribution is 0.0784. The number of hydrogen-bond donors (Lipinski definition) is 3. The number of amides is 1. The highest BCUT2D eigenvalue weighted by molar-refractivity contribution is 6.01. The smallest absolute Gasteiger partial charge is 0.253 e. The first-order chi connectivity index (χ1) is 9.65. The van der Waals surface area contributed by atoms with Crippen molar-refractivity contribution in [3.8, 4) is 0 Å². The number of hydrogen-bond acceptors (Lipinski definition) is 4. The largest absolute Gasteiger partial charge is 0.409 e. The van der Waals surface area contributed by atoms with Crippen molar-refractivity contribution in [2.75, 3.05) is 19.7 Å². The third-order valence-electron chi connectivity index (χ3n) is 3.62. The number of aliphatic hydroxyl groups is 1. The molecule has 1 aliphatic rings. The Balaban J connectivity index is 2.10. The highest BCUT2D eigenvalue weighted by Crippen LogP contribution is 2.21. The fraction of sp³-hybridized carbons (Fsp3) is 0.429. The molecule has 0 spiro atoms. The average Bonchev–Trinajstić information content (AvgIpc) is 2.95. The summed E-state index contributed by atoms with van der Waals surface area (Å²) in [5, 5.41) is 20.5. The minimum Gasteiger partial charge on any atom is -0.409 e. The summed E-state index contributed by atoms with van der Waals surface area (Å²) in [5.41, 5.74) is 6.57. The number of aliphatic hydroxyl groups excluding tert-OH is 1. The Morgan fingerprint density at radius 1 is 1.45 bits per heavy atom. The van der Waals surface area contributed by atoms with Crippen molar-refractivity contribution in [2.24, 2.45) is 16.8 Å². The lowest BCUT2D eigenvalue weighted by Gasteiger charge is -2.16. The first kappa shape index (κ1) is 14.3. The molecule has 0 aromatic heterocycles. The fourth-order valence-electron chi connectivity index (χ4n) is 2.49. The van der Waals surface area contributed by atoms with Crippen molar-refractivity contribution in [3.05, 3.63) is 35.4 Å². The van der Waals surface area contributed by atoms with Crippen molar-refractivity contribution in [3.63, 3.8) is 0 Å². The molecule has 1 atom stereocenters. The van der Waals surface area contributed by atoms with Gasteiger partial charge in [-0.05, 0) is 30.9 Å². The minimum atomic E-state index is -0.0574. The second kappa shape index (κ2) is 6.38. The Kier molecular flexibility index (Phi) is 4.57. The number of likely N-dealkylation sites (tertiary alicyclic amines) is 1. The van der Waals surface area contributed by atoms with Crippen LogP contribution in [0.1, 0.15) is 28.8 Å². The van der Waals surface area contributed by atoms with Crippen molar-refractivity contribution in [2.45, 2.75) is 12.8 Å². The molecule has 108 valence electrons. The first-order valence-corrected chi connectivity index (χ1v) is 6.63. The monoisotopic (exact) mass is 277 g/mol. The number of nitrogens with zero attached hydrogens (tertiary/aromatic N) is 2. The molecule has 0 radical (unpaired) electrons. The second-order valence-electron chi connectivity index (χ2n) is 4.98. The van der Waals surface area contributed by atoms with E-state index in [-0.39, 0.29) is 18.3 Å². The number of rotatable bonds is 4. The van der Waals surface area contributed by atoms with Gasteiger partial charge in [-0.25, -0.2) is 0 Å². The molecule has 1 heterocycles. The van der Waals surface area contributed by atoms with Crippen LogP contribution in [0.2, 0.25) is 0 Å². The summed E-state index contributed by atoms with van der Waals surface area (Å²) in [6.45, 7) is 1.54. The molecular weight excluding hydrogens is 258 g/mol. The van der Waals surface area contributed by atoms with Crippen LogP contribution in [0.5, 0.6) is 0 Å². The predicted molar refractivity (Wildman–Crippen MR) is 74.7 cm³/mol. The highest BCUT2D eigenvalue weighted by atomic mass is 16.4. The van der Waals surface area contributed by atoms with E-state index < -0.39 is 0 Å². The maximum absolute atomic E-state index is 12.4. The molecule has 1 aliphatic heterocycles. The Bertz CT molecular complexity index is 516. The first-order valence-electron chi connectivity index (χ1n) is 6.63. The fourth-order valence-corrected chi connectivity index (χ4v) is 2.49. The van der Waals surface area contributed by atoms with Gasteiger partial charge in [0.05, 0.1) is 0 Å². The standard InChI is InChI=1S/C14H19N3O3/c15-13(16-20)11-2-1-3-12(8-11)14(19)17-6-4-10(9-17)5-7-18/h1-3,8,10,18,20H,4-7,9H2,(H2,15,16). The molecule has 1 saturated heterocycles. The lowest BCUT2D eigenvalue weighted by Crippen LogP contribution is -2.29. The summed E-state index contributed by atoms with van der Waals surface area (Å²) < 4.78 is 0. The molecule has 0 saturated carbocycles. The van der Waals surface area contributed by atoms with Crippen LogP contribution >= 0.6 is 0 Å². The molecule has 1 aromatic carbocycles. The zero-order valence-electron chi connectivity index (χ0n) is 11.2. The summed E-state index contributed by atoms with van der Waals surface area (Å²) in [4.78, 5) is 14.2. The normalized spacial score (nSPS) is 19.4. The maximum atomic E-state index is 12.4. The van der Waals surface area contributed by atoms with Gasteiger partial charge in [-0.15, -0.1) is 0 Å². The SMILES string of the molecule is N/C(=N/O)c1cccc(C(=O)N2CCC(CCO)C2)c1. The van der Waals surface area contributed by atoms with Gasteiger partial charge in [-0.2, -0.15) is 0 Å². The van der Waals surface area contributed by atoms with Gasteiger partial charge in [-0.3, -0.25) is 4.79 Å². The van der Waals surface area contributed by atoms with E-state index in [1.807, 2.05) is 0 Å². The zero-order valence-corrected chi connectivity index (χ0v) is 11.2. The topological polar surface area (TPSA) is 99.2 Å². The van der Waals surface area contributed by atoms with Gasteiger partial charge in [0.25, 0.3) is 5.91 Å². The Labute approximate surface area is 117 Å². The van der Waals surface area contributed by atoms with Gasteiger partial charge in [-0.1, -0.05) is 17.3 Å². The van der Waals surface area contributed by atoms with Crippen LogP contribution in [0.4, 0.5) is 0 Å². The van der Waals surface area contributed by atoms with Gasteiger partial charge in [0, 0.05) is 30.8 Å². The van der Waals surface area contributed by atoms with Gasteiger partial charge in [0.2, 0.25) is 0 Å². The van der Waals surface area contributed by atoms with Gasteiger partial charge in [0.1, 0.15) is 0 Å². The quantitative estimate of drug-likeness (QED) is 0.325. The van der Waals surface area contributed by atoms with Crippen LogP contribution in [0.15, 0.2) is 29.4 Å². The Morgan fingerprint density at radius 2 is 2.20 bits per heavy atom. The van der Waals surface area contributed by atoms with Crippen molar-refractivity contribution in [1.82, 2.24) is 4.90 Å². The van der Waals surface area contributed by atoms with Crippen LogP contribution in [-0.2, 0) is 0 Å². The second-order valence-corrected chi connectivity index (χ2v) is 4.98. The average molecular weight is 277 g/mol. The van der Waals surface area contributed by atoms with Crippen LogP contribution in [0, 0.1) is 5.92 Å². The summed E-state index contributed by atoms with van der Waals surface area (Å²) in [5.74, 6) is 0.300. The molecule has 1 fully saturated rings. The molecule has 4 N–H and O–H groups in total. The number of amidine groups is 1. The van der Waals surface area contributed by atoms with E-state index in [0.29, 0.717) is 30.1 Å². The third-order valence-corrected chi connectivity index (χ3v) is 3.62. The number of carbonyl (C=O) groups is 1. The van der Waals surface area contributed by atoms with Crippen molar-refractivity contribution in [1.29, 1.82) is 0 Å². The van der Waals surface area contributed by atoms with Crippen LogP contribution in [0.3, 0.4) is 0 Å².